The molecule has 0 rings (SSSR count). The average Bonchev–Trinajstić information content (AvgIpc) is 1.89. The molecule has 0 aromatic carbocycles. The third-order valence-corrected chi connectivity index (χ3v) is 2.14. The van der Waals surface area contributed by atoms with Gasteiger partial charge in [-0.15, -0.1) is 0 Å². The van der Waals surface area contributed by atoms with Crippen molar-refractivity contribution in [1.82, 2.24) is 0 Å². The third kappa shape index (κ3) is 3.92. The van der Waals surface area contributed by atoms with Gasteiger partial charge < -0.3 is 0 Å². The zero-order valence-electron chi connectivity index (χ0n) is 7.40. The maximum absolute atomic E-state index is 3.94. The van der Waals surface area contributed by atoms with Crippen LogP contribution in [0.3, 0.4) is 0 Å². The van der Waals surface area contributed by atoms with Gasteiger partial charge in [-0.1, -0.05) is 53.4 Å². The minimum Gasteiger partial charge on any atom is -0.0625 e. The number of hydrogen-bond acceptors (Lipinski definition) is 0. The van der Waals surface area contributed by atoms with E-state index in [-0.39, 0.29) is 0 Å². The lowest BCUT2D eigenvalue weighted by Gasteiger charge is -2.17. The van der Waals surface area contributed by atoms with Gasteiger partial charge in [0.25, 0.3) is 0 Å². The smallest absolute Gasteiger partial charge is 0.0391 e. The highest BCUT2D eigenvalue weighted by Gasteiger charge is 2.08. The molecule has 0 heterocycles. The molecule has 0 saturated carbocycles. The molecule has 0 aromatic rings. The molecule has 0 aromatic heterocycles. The van der Waals surface area contributed by atoms with Crippen molar-refractivity contribution in [3.05, 3.63) is 13.8 Å². The summed E-state index contributed by atoms with van der Waals surface area (Å²) in [5.41, 5.74) is 0. The number of unbranched alkanes of at least 4 members (excludes halogenated alkanes) is 1. The molecule has 0 saturated heterocycles. The van der Waals surface area contributed by atoms with Gasteiger partial charge >= 0.3 is 0 Å². The second kappa shape index (κ2) is 5.76. The van der Waals surface area contributed by atoms with Crippen LogP contribution in [0.4, 0.5) is 0 Å². The molecular formula is C10H20. The van der Waals surface area contributed by atoms with E-state index in [1.807, 2.05) is 0 Å². The quantitative estimate of drug-likeness (QED) is 0.548. The van der Waals surface area contributed by atoms with Gasteiger partial charge in [-0.05, 0) is 11.8 Å². The Balaban J connectivity index is 3.40. The monoisotopic (exact) mass is 140 g/mol. The largest absolute Gasteiger partial charge is 0.0625 e. The predicted octanol–water partition coefficient (Wildman–Crippen LogP) is 3.49. The van der Waals surface area contributed by atoms with Crippen molar-refractivity contribution in [1.29, 1.82) is 0 Å². The van der Waals surface area contributed by atoms with E-state index in [9.17, 15) is 0 Å². The molecule has 0 amide bonds. The highest BCUT2D eigenvalue weighted by atomic mass is 14.1. The van der Waals surface area contributed by atoms with Gasteiger partial charge in [0.1, 0.15) is 0 Å². The summed E-state index contributed by atoms with van der Waals surface area (Å²) in [6.45, 7) is 12.3. The summed E-state index contributed by atoms with van der Waals surface area (Å²) in [7, 11) is 0. The second-order valence-electron chi connectivity index (χ2n) is 3.29. The third-order valence-electron chi connectivity index (χ3n) is 2.14. The first-order valence-corrected chi connectivity index (χ1v) is 4.30. The predicted molar refractivity (Wildman–Crippen MR) is 47.5 cm³/mol. The number of rotatable bonds is 5. The molecule has 0 N–H and O–H groups in total. The molecule has 0 heteroatoms. The molecule has 1 unspecified atom stereocenters. The van der Waals surface area contributed by atoms with Crippen LogP contribution in [0.1, 0.15) is 39.5 Å². The topological polar surface area (TPSA) is 0 Å². The fraction of sp³-hybridized carbons (Fsp3) is 0.800. The van der Waals surface area contributed by atoms with Gasteiger partial charge in [0.15, 0.2) is 0 Å². The minimum atomic E-state index is 0.795. The van der Waals surface area contributed by atoms with Crippen LogP contribution >= 0.6 is 0 Å². The van der Waals surface area contributed by atoms with Crippen LogP contribution < -0.4 is 0 Å². The van der Waals surface area contributed by atoms with Gasteiger partial charge in [-0.2, -0.15) is 0 Å². The lowest BCUT2D eigenvalue weighted by molar-refractivity contribution is 0.354. The average molecular weight is 140 g/mol. The summed E-state index contributed by atoms with van der Waals surface area (Å²) < 4.78 is 0. The van der Waals surface area contributed by atoms with E-state index in [1.54, 1.807) is 0 Å². The Kier molecular flexibility index (Phi) is 5.76. The maximum Gasteiger partial charge on any atom is -0.0391 e. The van der Waals surface area contributed by atoms with Crippen molar-refractivity contribution in [2.45, 2.75) is 39.5 Å². The summed E-state index contributed by atoms with van der Waals surface area (Å²) in [5, 5.41) is 0. The molecule has 0 nitrogen and oxygen atoms in total. The fourth-order valence-electron chi connectivity index (χ4n) is 1.22. The normalized spacial score (nSPS) is 14.1. The van der Waals surface area contributed by atoms with E-state index in [4.69, 9.17) is 0 Å². The van der Waals surface area contributed by atoms with Crippen molar-refractivity contribution in [3.63, 3.8) is 0 Å². The molecule has 1 atom stereocenters. The van der Waals surface area contributed by atoms with Crippen molar-refractivity contribution in [2.24, 2.45) is 11.8 Å². The van der Waals surface area contributed by atoms with Gasteiger partial charge in [0.05, 0.1) is 0 Å². The summed E-state index contributed by atoms with van der Waals surface area (Å²) in [4.78, 5) is 0. The van der Waals surface area contributed by atoms with Crippen molar-refractivity contribution in [3.8, 4) is 0 Å². The zero-order valence-corrected chi connectivity index (χ0v) is 7.40. The molecule has 2 radical (unpaired) electrons. The lowest BCUT2D eigenvalue weighted by atomic mass is 9.89. The first-order chi connectivity index (χ1) is 4.72. The van der Waals surface area contributed by atoms with E-state index in [1.165, 1.54) is 12.8 Å². The van der Waals surface area contributed by atoms with Gasteiger partial charge in [0, 0.05) is 0 Å². The molecule has 0 fully saturated rings. The Bertz CT molecular complexity index is 64.4. The van der Waals surface area contributed by atoms with Gasteiger partial charge in [-0.3, -0.25) is 0 Å². The molecule has 0 aliphatic heterocycles. The summed E-state index contributed by atoms with van der Waals surface area (Å²) >= 11 is 0. The minimum absolute atomic E-state index is 0.795. The Morgan fingerprint density at radius 2 is 1.80 bits per heavy atom. The van der Waals surface area contributed by atoms with Crippen LogP contribution in [0.2, 0.25) is 0 Å². The zero-order chi connectivity index (χ0) is 7.98. The highest BCUT2D eigenvalue weighted by Crippen LogP contribution is 2.20. The van der Waals surface area contributed by atoms with Crippen LogP contribution in [0.5, 0.6) is 0 Å². The Labute approximate surface area is 66.0 Å². The van der Waals surface area contributed by atoms with Crippen molar-refractivity contribution in [2.75, 3.05) is 0 Å². The lowest BCUT2D eigenvalue weighted by Crippen LogP contribution is -2.06. The first kappa shape index (κ1) is 10.0. The maximum atomic E-state index is 3.94. The SMILES string of the molecule is [CH2]CCCC(C[CH2])C(C)C. The first-order valence-electron chi connectivity index (χ1n) is 4.30. The Morgan fingerprint density at radius 1 is 1.20 bits per heavy atom. The van der Waals surface area contributed by atoms with E-state index in [0.29, 0.717) is 0 Å². The van der Waals surface area contributed by atoms with E-state index in [0.717, 1.165) is 24.7 Å². The van der Waals surface area contributed by atoms with Crippen LogP contribution in [0.25, 0.3) is 0 Å². The Hall–Kier alpha value is 0. The molecule has 0 aliphatic rings. The van der Waals surface area contributed by atoms with E-state index < -0.39 is 0 Å². The summed E-state index contributed by atoms with van der Waals surface area (Å²) in [6.07, 6.45) is 4.73. The number of hydrogen-bond donors (Lipinski definition) is 0. The van der Waals surface area contributed by atoms with Crippen molar-refractivity contribution >= 4 is 0 Å². The van der Waals surface area contributed by atoms with Gasteiger partial charge in [0.2, 0.25) is 0 Å². The molecule has 10 heavy (non-hydrogen) atoms. The van der Waals surface area contributed by atoms with Gasteiger partial charge in [-0.25, -0.2) is 0 Å². The summed E-state index contributed by atoms with van der Waals surface area (Å²) in [5.74, 6) is 1.62. The van der Waals surface area contributed by atoms with E-state index >= 15 is 0 Å². The highest BCUT2D eigenvalue weighted by molar-refractivity contribution is 4.64. The molecule has 60 valence electrons. The molecule has 0 aliphatic carbocycles. The van der Waals surface area contributed by atoms with Crippen molar-refractivity contribution < 1.29 is 0 Å². The Morgan fingerprint density at radius 3 is 2.10 bits per heavy atom. The van der Waals surface area contributed by atoms with Crippen LogP contribution in [0.15, 0.2) is 0 Å². The van der Waals surface area contributed by atoms with Crippen LogP contribution in [-0.2, 0) is 0 Å². The van der Waals surface area contributed by atoms with E-state index in [2.05, 4.69) is 27.7 Å². The molecule has 0 spiro atoms. The molecule has 0 bridgehead atoms. The molecular weight excluding hydrogens is 120 g/mol. The second-order valence-corrected chi connectivity index (χ2v) is 3.29. The fourth-order valence-corrected chi connectivity index (χ4v) is 1.22. The van der Waals surface area contributed by atoms with Crippen LogP contribution in [-0.4, -0.2) is 0 Å². The van der Waals surface area contributed by atoms with Crippen LogP contribution in [0, 0.1) is 25.7 Å². The summed E-state index contributed by atoms with van der Waals surface area (Å²) in [6, 6.07) is 0. The standard InChI is InChI=1S/C10H20/c1-5-7-8-10(6-2)9(3)4/h9-10H,1-2,5-8H2,3-4H3.